The van der Waals surface area contributed by atoms with Gasteiger partial charge in [-0.1, -0.05) is 63.2 Å². The molecule has 29 heavy (non-hydrogen) atoms. The molecule has 0 aliphatic rings. The molecule has 0 bridgehead atoms. The van der Waals surface area contributed by atoms with E-state index in [0.29, 0.717) is 12.1 Å². The Balaban J connectivity index is 2.08. The van der Waals surface area contributed by atoms with Gasteiger partial charge in [-0.25, -0.2) is 0 Å². The van der Waals surface area contributed by atoms with Crippen molar-refractivity contribution in [2.45, 2.75) is 40.3 Å². The monoisotopic (exact) mass is 396 g/mol. The summed E-state index contributed by atoms with van der Waals surface area (Å²) < 4.78 is 0. The molecule has 0 heterocycles. The molecule has 2 rings (SSSR count). The largest absolute Gasteiger partial charge is 0.481 e. The fourth-order valence-electron chi connectivity index (χ4n) is 2.75. The van der Waals surface area contributed by atoms with Gasteiger partial charge in [0.25, 0.3) is 5.91 Å². The summed E-state index contributed by atoms with van der Waals surface area (Å²) >= 11 is 0. The summed E-state index contributed by atoms with van der Waals surface area (Å²) in [7, 11) is 0. The van der Waals surface area contributed by atoms with Crippen LogP contribution in [-0.4, -0.2) is 22.9 Å². The highest BCUT2D eigenvalue weighted by molar-refractivity contribution is 5.94. The number of hydrogen-bond acceptors (Lipinski definition) is 3. The minimum Gasteiger partial charge on any atom is -0.481 e. The maximum Gasteiger partial charge on any atom is 0.308 e. The maximum atomic E-state index is 12.7. The van der Waals surface area contributed by atoms with Gasteiger partial charge in [0.1, 0.15) is 0 Å². The number of amides is 2. The third-order valence-electron chi connectivity index (χ3n) is 4.69. The standard InChI is InChI=1S/C23H28N2O4/c1-15(21(27)28)19(17-8-6-5-7-9-17)25-20(26)18-12-10-16(11-13-18)14-24-22(29)23(2,3)4/h5-13,15,19H,14H2,1-4H3,(H,24,29)(H,25,26)(H,27,28). The number of carbonyl (C=O) groups is 3. The third kappa shape index (κ3) is 6.17. The number of rotatable bonds is 7. The van der Waals surface area contributed by atoms with Gasteiger partial charge in [-0.15, -0.1) is 0 Å². The highest BCUT2D eigenvalue weighted by atomic mass is 16.4. The summed E-state index contributed by atoms with van der Waals surface area (Å²) in [6.07, 6.45) is 0. The molecule has 2 unspecified atom stereocenters. The number of aliphatic carboxylic acids is 1. The summed E-state index contributed by atoms with van der Waals surface area (Å²) in [6, 6.07) is 15.3. The van der Waals surface area contributed by atoms with Crippen LogP contribution in [0.5, 0.6) is 0 Å². The first-order chi connectivity index (χ1) is 13.6. The van der Waals surface area contributed by atoms with Crippen LogP contribution in [0.2, 0.25) is 0 Å². The van der Waals surface area contributed by atoms with Crippen LogP contribution >= 0.6 is 0 Å². The topological polar surface area (TPSA) is 95.5 Å². The first-order valence-electron chi connectivity index (χ1n) is 9.55. The van der Waals surface area contributed by atoms with Crippen molar-refractivity contribution in [3.05, 3.63) is 71.3 Å². The van der Waals surface area contributed by atoms with E-state index >= 15 is 0 Å². The molecule has 0 aliphatic heterocycles. The number of carbonyl (C=O) groups excluding carboxylic acids is 2. The molecule has 2 aromatic carbocycles. The molecule has 0 saturated carbocycles. The van der Waals surface area contributed by atoms with E-state index in [1.54, 1.807) is 43.3 Å². The Kier molecular flexibility index (Phi) is 7.15. The zero-order chi connectivity index (χ0) is 21.6. The van der Waals surface area contributed by atoms with Crippen molar-refractivity contribution >= 4 is 17.8 Å². The fraction of sp³-hybridized carbons (Fsp3) is 0.348. The Hall–Kier alpha value is -3.15. The van der Waals surface area contributed by atoms with Gasteiger partial charge in [-0.05, 0) is 30.2 Å². The van der Waals surface area contributed by atoms with Gasteiger partial charge in [0.2, 0.25) is 5.91 Å². The van der Waals surface area contributed by atoms with Crippen molar-refractivity contribution in [3.63, 3.8) is 0 Å². The van der Waals surface area contributed by atoms with Crippen molar-refractivity contribution < 1.29 is 19.5 Å². The lowest BCUT2D eigenvalue weighted by molar-refractivity contribution is -0.142. The molecule has 0 radical (unpaired) electrons. The van der Waals surface area contributed by atoms with E-state index in [1.807, 2.05) is 39.0 Å². The summed E-state index contributed by atoms with van der Waals surface area (Å²) in [5, 5.41) is 15.1. The predicted octanol–water partition coefficient (Wildman–Crippen LogP) is 3.54. The van der Waals surface area contributed by atoms with E-state index in [-0.39, 0.29) is 11.8 Å². The molecule has 3 N–H and O–H groups in total. The second kappa shape index (κ2) is 9.37. The van der Waals surface area contributed by atoms with Gasteiger partial charge >= 0.3 is 5.97 Å². The quantitative estimate of drug-likeness (QED) is 0.667. The highest BCUT2D eigenvalue weighted by Crippen LogP contribution is 2.23. The van der Waals surface area contributed by atoms with E-state index in [4.69, 9.17) is 0 Å². The van der Waals surface area contributed by atoms with Crippen LogP contribution in [0.4, 0.5) is 0 Å². The van der Waals surface area contributed by atoms with Gasteiger partial charge in [0.15, 0.2) is 0 Å². The highest BCUT2D eigenvalue weighted by Gasteiger charge is 2.27. The van der Waals surface area contributed by atoms with Crippen molar-refractivity contribution in [1.82, 2.24) is 10.6 Å². The van der Waals surface area contributed by atoms with E-state index in [9.17, 15) is 19.5 Å². The second-order valence-electron chi connectivity index (χ2n) is 8.12. The fourth-order valence-corrected chi connectivity index (χ4v) is 2.75. The molecule has 6 nitrogen and oxygen atoms in total. The molecule has 0 aromatic heterocycles. The molecule has 0 saturated heterocycles. The lowest BCUT2D eigenvalue weighted by Crippen LogP contribution is -2.35. The van der Waals surface area contributed by atoms with Crippen molar-refractivity contribution in [1.29, 1.82) is 0 Å². The van der Waals surface area contributed by atoms with Gasteiger partial charge in [0, 0.05) is 17.5 Å². The summed E-state index contributed by atoms with van der Waals surface area (Å²) in [4.78, 5) is 36.1. The van der Waals surface area contributed by atoms with Crippen LogP contribution in [0.3, 0.4) is 0 Å². The molecule has 2 amide bonds. The van der Waals surface area contributed by atoms with Crippen LogP contribution < -0.4 is 10.6 Å². The van der Waals surface area contributed by atoms with E-state index in [1.165, 1.54) is 0 Å². The van der Waals surface area contributed by atoms with Gasteiger partial charge in [-0.2, -0.15) is 0 Å². The normalized spacial score (nSPS) is 13.2. The number of carboxylic acids is 1. The van der Waals surface area contributed by atoms with Gasteiger partial charge in [0.05, 0.1) is 12.0 Å². The zero-order valence-electron chi connectivity index (χ0n) is 17.2. The Morgan fingerprint density at radius 3 is 2.07 bits per heavy atom. The molecule has 2 atom stereocenters. The molecule has 154 valence electrons. The number of carboxylic acid groups (broad SMARTS) is 1. The first kappa shape index (κ1) is 22.1. The third-order valence-corrected chi connectivity index (χ3v) is 4.69. The Labute approximate surface area is 171 Å². The van der Waals surface area contributed by atoms with E-state index < -0.39 is 23.3 Å². The predicted molar refractivity (Wildman–Crippen MR) is 111 cm³/mol. The summed E-state index contributed by atoms with van der Waals surface area (Å²) in [5.74, 6) is -2.16. The van der Waals surface area contributed by atoms with Crippen molar-refractivity contribution in [3.8, 4) is 0 Å². The van der Waals surface area contributed by atoms with E-state index in [0.717, 1.165) is 11.1 Å². The lowest BCUT2D eigenvalue weighted by atomic mass is 9.94. The summed E-state index contributed by atoms with van der Waals surface area (Å²) in [6.45, 7) is 7.48. The Morgan fingerprint density at radius 1 is 0.966 bits per heavy atom. The summed E-state index contributed by atoms with van der Waals surface area (Å²) in [5.41, 5.74) is 1.57. The average molecular weight is 396 g/mol. The number of benzene rings is 2. The minimum absolute atomic E-state index is 0.0484. The minimum atomic E-state index is -0.982. The smallest absolute Gasteiger partial charge is 0.308 e. The van der Waals surface area contributed by atoms with E-state index in [2.05, 4.69) is 10.6 Å². The van der Waals surface area contributed by atoms with Crippen LogP contribution in [0, 0.1) is 11.3 Å². The van der Waals surface area contributed by atoms with Gasteiger partial charge in [-0.3, -0.25) is 14.4 Å². The SMILES string of the molecule is CC(C(=O)O)C(NC(=O)c1ccc(CNC(=O)C(C)(C)C)cc1)c1ccccc1. The molecule has 0 aliphatic carbocycles. The van der Waals surface area contributed by atoms with Crippen LogP contribution in [-0.2, 0) is 16.1 Å². The average Bonchev–Trinajstić information content (AvgIpc) is 2.69. The molecule has 2 aromatic rings. The Morgan fingerprint density at radius 2 is 1.55 bits per heavy atom. The van der Waals surface area contributed by atoms with Crippen molar-refractivity contribution in [2.75, 3.05) is 0 Å². The van der Waals surface area contributed by atoms with Crippen LogP contribution in [0.25, 0.3) is 0 Å². The lowest BCUT2D eigenvalue weighted by Gasteiger charge is -2.23. The second-order valence-corrected chi connectivity index (χ2v) is 8.12. The van der Waals surface area contributed by atoms with Crippen LogP contribution in [0.1, 0.15) is 55.2 Å². The molecular formula is C23H28N2O4. The molecule has 0 fully saturated rings. The molecule has 6 heteroatoms. The van der Waals surface area contributed by atoms with Gasteiger partial charge < -0.3 is 15.7 Å². The molecule has 0 spiro atoms. The molecular weight excluding hydrogens is 368 g/mol. The van der Waals surface area contributed by atoms with Crippen LogP contribution in [0.15, 0.2) is 54.6 Å². The number of nitrogens with one attached hydrogen (secondary N) is 2. The van der Waals surface area contributed by atoms with Crippen molar-refractivity contribution in [2.24, 2.45) is 11.3 Å². The number of hydrogen-bond donors (Lipinski definition) is 3. The maximum absolute atomic E-state index is 12.7. The zero-order valence-corrected chi connectivity index (χ0v) is 17.2. The first-order valence-corrected chi connectivity index (χ1v) is 9.55. The Bertz CT molecular complexity index is 855.